The van der Waals surface area contributed by atoms with Crippen molar-refractivity contribution in [3.8, 4) is 17.3 Å². The third-order valence-electron chi connectivity index (χ3n) is 4.30. The third-order valence-corrected chi connectivity index (χ3v) is 4.30. The molecule has 154 valence electrons. The largest absolute Gasteiger partial charge is 0.573 e. The Kier molecular flexibility index (Phi) is 4.86. The Morgan fingerprint density at radius 1 is 1.07 bits per heavy atom. The Bertz CT molecular complexity index is 1070. The molecule has 3 heterocycles. The van der Waals surface area contributed by atoms with Crippen molar-refractivity contribution in [1.82, 2.24) is 19.9 Å². The van der Waals surface area contributed by atoms with Crippen LogP contribution in [0, 0.1) is 0 Å². The topological polar surface area (TPSA) is 91.4 Å². The monoisotopic (exact) mass is 417 g/mol. The molecule has 0 aliphatic carbocycles. The standard InChI is InChI=1S/C19H14F3N5O3/c20-19(21,22)30-14-3-1-13(2-4-14)27-16(28)11-26(18(27)29)10-12-5-6-23-15(9-12)17-24-7-8-25-17/h1-9H,10-11H2,(H,24,25). The molecule has 0 unspecified atom stereocenters. The molecule has 1 aliphatic rings. The average molecular weight is 417 g/mol. The first kappa shape index (κ1) is 19.4. The number of urea groups is 1. The second-order valence-electron chi connectivity index (χ2n) is 6.40. The molecule has 11 heteroatoms. The summed E-state index contributed by atoms with van der Waals surface area (Å²) in [4.78, 5) is 38.7. The summed E-state index contributed by atoms with van der Waals surface area (Å²) in [5, 5.41) is 0. The number of ether oxygens (including phenoxy) is 1. The van der Waals surface area contributed by atoms with E-state index in [0.717, 1.165) is 22.6 Å². The summed E-state index contributed by atoms with van der Waals surface area (Å²) < 4.78 is 40.7. The lowest BCUT2D eigenvalue weighted by Crippen LogP contribution is -2.32. The predicted molar refractivity (Wildman–Crippen MR) is 98.2 cm³/mol. The number of nitrogens with zero attached hydrogens (tertiary/aromatic N) is 4. The van der Waals surface area contributed by atoms with Gasteiger partial charge in [-0.2, -0.15) is 0 Å². The average Bonchev–Trinajstić information content (AvgIpc) is 3.31. The number of aromatic nitrogens is 3. The summed E-state index contributed by atoms with van der Waals surface area (Å²) in [7, 11) is 0. The van der Waals surface area contributed by atoms with Crippen LogP contribution in [0.1, 0.15) is 5.56 Å². The number of aromatic amines is 1. The minimum atomic E-state index is -4.82. The zero-order valence-corrected chi connectivity index (χ0v) is 15.3. The molecule has 1 N–H and O–H groups in total. The number of halogens is 3. The highest BCUT2D eigenvalue weighted by atomic mass is 19.4. The molecule has 1 saturated heterocycles. The molecule has 0 saturated carbocycles. The van der Waals surface area contributed by atoms with Crippen LogP contribution in [0.4, 0.5) is 23.7 Å². The van der Waals surface area contributed by atoms with Crippen LogP contribution >= 0.6 is 0 Å². The van der Waals surface area contributed by atoms with E-state index in [-0.39, 0.29) is 18.8 Å². The number of hydrogen-bond donors (Lipinski definition) is 1. The van der Waals surface area contributed by atoms with Gasteiger partial charge in [-0.15, -0.1) is 13.2 Å². The Balaban J connectivity index is 1.49. The van der Waals surface area contributed by atoms with Crippen LogP contribution < -0.4 is 9.64 Å². The molecular weight excluding hydrogens is 403 g/mol. The van der Waals surface area contributed by atoms with Crippen LogP contribution in [-0.2, 0) is 11.3 Å². The van der Waals surface area contributed by atoms with Crippen LogP contribution in [0.2, 0.25) is 0 Å². The molecule has 4 rings (SSSR count). The van der Waals surface area contributed by atoms with Gasteiger partial charge >= 0.3 is 12.4 Å². The van der Waals surface area contributed by atoms with Crippen LogP contribution in [0.25, 0.3) is 11.5 Å². The second kappa shape index (κ2) is 7.50. The van der Waals surface area contributed by atoms with Gasteiger partial charge in [0.05, 0.1) is 5.69 Å². The number of benzene rings is 1. The number of imidazole rings is 1. The van der Waals surface area contributed by atoms with Gasteiger partial charge in [0.1, 0.15) is 18.0 Å². The van der Waals surface area contributed by atoms with Crippen molar-refractivity contribution in [3.63, 3.8) is 0 Å². The van der Waals surface area contributed by atoms with Gasteiger partial charge in [0.2, 0.25) is 0 Å². The molecule has 1 aliphatic heterocycles. The minimum Gasteiger partial charge on any atom is -0.406 e. The fraction of sp³-hybridized carbons (Fsp3) is 0.158. The summed E-state index contributed by atoms with van der Waals surface area (Å²) >= 11 is 0. The first-order valence-electron chi connectivity index (χ1n) is 8.72. The number of rotatable bonds is 5. The maximum Gasteiger partial charge on any atom is 0.573 e. The SMILES string of the molecule is O=C1CN(Cc2ccnc(-c3ncc[nH]3)c2)C(=O)N1c1ccc(OC(F)(F)F)cc1. The first-order valence-corrected chi connectivity index (χ1v) is 8.72. The van der Waals surface area contributed by atoms with Crippen LogP contribution in [0.3, 0.4) is 0 Å². The van der Waals surface area contributed by atoms with Crippen LogP contribution in [-0.4, -0.2) is 44.7 Å². The van der Waals surface area contributed by atoms with E-state index in [1.165, 1.54) is 17.0 Å². The number of alkyl halides is 3. The van der Waals surface area contributed by atoms with E-state index in [1.54, 1.807) is 30.7 Å². The van der Waals surface area contributed by atoms with Gasteiger partial charge < -0.3 is 14.6 Å². The minimum absolute atomic E-state index is 0.155. The molecule has 0 bridgehead atoms. The smallest absolute Gasteiger partial charge is 0.406 e. The van der Waals surface area contributed by atoms with E-state index in [0.29, 0.717) is 11.5 Å². The molecule has 1 aromatic carbocycles. The zero-order valence-electron chi connectivity index (χ0n) is 15.3. The number of amides is 3. The lowest BCUT2D eigenvalue weighted by atomic mass is 10.2. The van der Waals surface area contributed by atoms with E-state index in [4.69, 9.17) is 0 Å². The molecule has 3 aromatic rings. The van der Waals surface area contributed by atoms with E-state index >= 15 is 0 Å². The third kappa shape index (κ3) is 4.09. The summed E-state index contributed by atoms with van der Waals surface area (Å²) in [5.41, 5.74) is 1.49. The maximum absolute atomic E-state index is 12.7. The number of carbonyl (C=O) groups is 2. The van der Waals surface area contributed by atoms with E-state index in [1.807, 2.05) is 0 Å². The highest BCUT2D eigenvalue weighted by Gasteiger charge is 2.37. The number of anilines is 1. The Hall–Kier alpha value is -3.89. The van der Waals surface area contributed by atoms with Gasteiger partial charge in [0, 0.05) is 25.1 Å². The number of H-pyrrole nitrogens is 1. The highest BCUT2D eigenvalue weighted by Crippen LogP contribution is 2.28. The molecule has 1 fully saturated rings. The van der Waals surface area contributed by atoms with E-state index in [9.17, 15) is 22.8 Å². The Labute approximate surface area is 167 Å². The normalized spacial score (nSPS) is 14.5. The molecule has 30 heavy (non-hydrogen) atoms. The molecule has 8 nitrogen and oxygen atoms in total. The van der Waals surface area contributed by atoms with Crippen molar-refractivity contribution >= 4 is 17.6 Å². The molecular formula is C19H14F3N5O3. The molecule has 2 aromatic heterocycles. The van der Waals surface area contributed by atoms with Gasteiger partial charge in [0.25, 0.3) is 5.91 Å². The summed E-state index contributed by atoms with van der Waals surface area (Å²) in [6.45, 7) is 0.00458. The first-order chi connectivity index (χ1) is 14.3. The van der Waals surface area contributed by atoms with Crippen molar-refractivity contribution in [2.75, 3.05) is 11.4 Å². The quantitative estimate of drug-likeness (QED) is 0.643. The Morgan fingerprint density at radius 3 is 2.50 bits per heavy atom. The molecule has 3 amide bonds. The Morgan fingerprint density at radius 2 is 1.83 bits per heavy atom. The maximum atomic E-state index is 12.7. The number of hydrogen-bond acceptors (Lipinski definition) is 5. The van der Waals surface area contributed by atoms with Crippen LogP contribution in [0.5, 0.6) is 5.75 Å². The zero-order chi connectivity index (χ0) is 21.3. The predicted octanol–water partition coefficient (Wildman–Crippen LogP) is 3.34. The lowest BCUT2D eigenvalue weighted by Gasteiger charge is -2.18. The summed E-state index contributed by atoms with van der Waals surface area (Å²) in [6, 6.07) is 7.44. The fourth-order valence-electron chi connectivity index (χ4n) is 3.05. The number of imide groups is 1. The summed E-state index contributed by atoms with van der Waals surface area (Å²) in [5.74, 6) is -0.349. The number of nitrogens with one attached hydrogen (secondary N) is 1. The van der Waals surface area contributed by atoms with Crippen molar-refractivity contribution in [2.24, 2.45) is 0 Å². The number of pyridine rings is 1. The van der Waals surface area contributed by atoms with Gasteiger partial charge in [-0.1, -0.05) is 0 Å². The molecule has 0 spiro atoms. The van der Waals surface area contributed by atoms with E-state index in [2.05, 4.69) is 19.7 Å². The highest BCUT2D eigenvalue weighted by molar-refractivity contribution is 6.19. The fourth-order valence-corrected chi connectivity index (χ4v) is 3.05. The number of carbonyl (C=O) groups excluding carboxylic acids is 2. The lowest BCUT2D eigenvalue weighted by molar-refractivity contribution is -0.274. The van der Waals surface area contributed by atoms with Gasteiger partial charge in [-0.3, -0.25) is 9.78 Å². The summed E-state index contributed by atoms with van der Waals surface area (Å²) in [6.07, 6.45) is 0.00778. The van der Waals surface area contributed by atoms with Gasteiger partial charge in [-0.25, -0.2) is 14.7 Å². The van der Waals surface area contributed by atoms with Crippen molar-refractivity contribution in [2.45, 2.75) is 12.9 Å². The molecule has 0 radical (unpaired) electrons. The van der Waals surface area contributed by atoms with Crippen molar-refractivity contribution in [1.29, 1.82) is 0 Å². The van der Waals surface area contributed by atoms with Gasteiger partial charge in [0.15, 0.2) is 5.82 Å². The molecule has 0 atom stereocenters. The van der Waals surface area contributed by atoms with Crippen LogP contribution in [0.15, 0.2) is 55.0 Å². The van der Waals surface area contributed by atoms with Crippen molar-refractivity contribution < 1.29 is 27.5 Å². The van der Waals surface area contributed by atoms with E-state index < -0.39 is 24.1 Å². The van der Waals surface area contributed by atoms with Crippen molar-refractivity contribution in [3.05, 3.63) is 60.6 Å². The van der Waals surface area contributed by atoms with Gasteiger partial charge in [-0.05, 0) is 42.0 Å². The second-order valence-corrected chi connectivity index (χ2v) is 6.40.